The maximum atomic E-state index is 13.1. The molecule has 1 aliphatic heterocycles. The van der Waals surface area contributed by atoms with Gasteiger partial charge in [0.25, 0.3) is 5.91 Å². The van der Waals surface area contributed by atoms with Crippen LogP contribution in [0.4, 0.5) is 5.69 Å². The van der Waals surface area contributed by atoms with Gasteiger partial charge in [0.05, 0.1) is 11.5 Å². The van der Waals surface area contributed by atoms with Gasteiger partial charge in [0.1, 0.15) is 0 Å². The second kappa shape index (κ2) is 7.90. The molecule has 0 spiro atoms. The molecular formula is C20H23ClN2O3S. The monoisotopic (exact) mass is 406 g/mol. The van der Waals surface area contributed by atoms with Crippen molar-refractivity contribution < 1.29 is 13.2 Å². The molecule has 27 heavy (non-hydrogen) atoms. The number of hydrogen-bond acceptors (Lipinski definition) is 4. The predicted molar refractivity (Wildman–Crippen MR) is 109 cm³/mol. The van der Waals surface area contributed by atoms with Gasteiger partial charge in [0.15, 0.2) is 9.84 Å². The van der Waals surface area contributed by atoms with Gasteiger partial charge >= 0.3 is 0 Å². The van der Waals surface area contributed by atoms with E-state index in [-0.39, 0.29) is 23.5 Å². The van der Waals surface area contributed by atoms with Crippen molar-refractivity contribution in [1.29, 1.82) is 0 Å². The third-order valence-electron chi connectivity index (χ3n) is 4.79. The SMILES string of the molecule is CN(C)c1ccc(CN(C(=O)c2cccc(Cl)c2)[C@@H]2CCS(=O)(=O)C2)cc1. The van der Waals surface area contributed by atoms with Crippen LogP contribution in [0.3, 0.4) is 0 Å². The summed E-state index contributed by atoms with van der Waals surface area (Å²) in [4.78, 5) is 16.8. The molecule has 0 aliphatic carbocycles. The number of halogens is 1. The molecule has 2 aromatic rings. The highest BCUT2D eigenvalue weighted by atomic mass is 35.5. The van der Waals surface area contributed by atoms with Gasteiger partial charge in [-0.2, -0.15) is 0 Å². The fourth-order valence-electron chi connectivity index (χ4n) is 3.27. The van der Waals surface area contributed by atoms with Crippen LogP contribution in [-0.2, 0) is 16.4 Å². The molecule has 5 nitrogen and oxygen atoms in total. The van der Waals surface area contributed by atoms with Gasteiger partial charge in [0, 0.05) is 43.0 Å². The van der Waals surface area contributed by atoms with E-state index >= 15 is 0 Å². The number of nitrogens with zero attached hydrogens (tertiary/aromatic N) is 2. The summed E-state index contributed by atoms with van der Waals surface area (Å²) in [5.41, 5.74) is 2.49. The number of carbonyl (C=O) groups is 1. The minimum absolute atomic E-state index is 0.00901. The predicted octanol–water partition coefficient (Wildman–Crippen LogP) is 3.24. The molecule has 0 saturated carbocycles. The second-order valence-corrected chi connectivity index (χ2v) is 9.73. The van der Waals surface area contributed by atoms with Crippen molar-refractivity contribution in [3.05, 3.63) is 64.7 Å². The average Bonchev–Trinajstić information content (AvgIpc) is 2.99. The Labute approximate surface area is 165 Å². The van der Waals surface area contributed by atoms with Gasteiger partial charge in [-0.3, -0.25) is 4.79 Å². The first-order valence-electron chi connectivity index (χ1n) is 8.78. The van der Waals surface area contributed by atoms with Crippen molar-refractivity contribution >= 4 is 33.0 Å². The summed E-state index contributed by atoms with van der Waals surface area (Å²) < 4.78 is 23.9. The molecule has 0 unspecified atom stereocenters. The zero-order valence-electron chi connectivity index (χ0n) is 15.4. The van der Waals surface area contributed by atoms with E-state index in [2.05, 4.69) is 0 Å². The lowest BCUT2D eigenvalue weighted by atomic mass is 10.1. The summed E-state index contributed by atoms with van der Waals surface area (Å²) in [5.74, 6) is -0.0673. The average molecular weight is 407 g/mol. The molecule has 1 aliphatic rings. The normalized spacial score (nSPS) is 18.3. The minimum Gasteiger partial charge on any atom is -0.378 e. The Bertz CT molecular complexity index is 926. The van der Waals surface area contributed by atoms with E-state index in [9.17, 15) is 13.2 Å². The topological polar surface area (TPSA) is 57.7 Å². The van der Waals surface area contributed by atoms with Gasteiger partial charge in [-0.15, -0.1) is 0 Å². The van der Waals surface area contributed by atoms with Crippen LogP contribution in [0.25, 0.3) is 0 Å². The lowest BCUT2D eigenvalue weighted by Gasteiger charge is -2.29. The highest BCUT2D eigenvalue weighted by Crippen LogP contribution is 2.24. The highest BCUT2D eigenvalue weighted by Gasteiger charge is 2.35. The number of hydrogen-bond donors (Lipinski definition) is 0. The van der Waals surface area contributed by atoms with E-state index in [0.29, 0.717) is 23.6 Å². The van der Waals surface area contributed by atoms with E-state index in [1.165, 1.54) is 0 Å². The van der Waals surface area contributed by atoms with Crippen molar-refractivity contribution in [2.45, 2.75) is 19.0 Å². The first kappa shape index (κ1) is 19.7. The molecule has 7 heteroatoms. The molecule has 2 aromatic carbocycles. The minimum atomic E-state index is -3.10. The van der Waals surface area contributed by atoms with Crippen LogP contribution in [0.1, 0.15) is 22.3 Å². The zero-order valence-corrected chi connectivity index (χ0v) is 17.0. The van der Waals surface area contributed by atoms with Gasteiger partial charge in [0.2, 0.25) is 0 Å². The van der Waals surface area contributed by atoms with Crippen LogP contribution < -0.4 is 4.90 Å². The van der Waals surface area contributed by atoms with E-state index in [0.717, 1.165) is 11.3 Å². The van der Waals surface area contributed by atoms with Crippen LogP contribution in [0.5, 0.6) is 0 Å². The standard InChI is InChI=1S/C20H23ClN2O3S/c1-22(2)18-8-6-15(7-9-18)13-23(19-10-11-27(25,26)14-19)20(24)16-4-3-5-17(21)12-16/h3-9,12,19H,10-11,13-14H2,1-2H3/t19-/m1/s1. The first-order chi connectivity index (χ1) is 12.7. The van der Waals surface area contributed by atoms with Crippen LogP contribution in [0.2, 0.25) is 5.02 Å². The van der Waals surface area contributed by atoms with Gasteiger partial charge in [-0.05, 0) is 42.3 Å². The maximum Gasteiger partial charge on any atom is 0.254 e. The molecule has 1 atom stereocenters. The zero-order chi connectivity index (χ0) is 19.6. The van der Waals surface area contributed by atoms with Crippen molar-refractivity contribution in [2.24, 2.45) is 0 Å². The Morgan fingerprint density at radius 1 is 1.15 bits per heavy atom. The molecule has 1 fully saturated rings. The van der Waals surface area contributed by atoms with Crippen molar-refractivity contribution in [2.75, 3.05) is 30.5 Å². The number of benzene rings is 2. The molecule has 1 saturated heterocycles. The first-order valence-corrected chi connectivity index (χ1v) is 11.0. The van der Waals surface area contributed by atoms with E-state index in [1.54, 1.807) is 29.2 Å². The molecule has 0 bridgehead atoms. The maximum absolute atomic E-state index is 13.1. The molecule has 0 aromatic heterocycles. The third-order valence-corrected chi connectivity index (χ3v) is 6.77. The Balaban J connectivity index is 1.89. The van der Waals surface area contributed by atoms with E-state index < -0.39 is 9.84 Å². The third kappa shape index (κ3) is 4.82. The summed E-state index contributed by atoms with van der Waals surface area (Å²) in [6, 6.07) is 14.4. The fourth-order valence-corrected chi connectivity index (χ4v) is 5.19. The number of sulfone groups is 1. The fraction of sp³-hybridized carbons (Fsp3) is 0.350. The Morgan fingerprint density at radius 2 is 1.85 bits per heavy atom. The number of carbonyl (C=O) groups excluding carboxylic acids is 1. The number of amides is 1. The summed E-state index contributed by atoms with van der Waals surface area (Å²) in [6.07, 6.45) is 0.463. The molecule has 3 rings (SSSR count). The van der Waals surface area contributed by atoms with Crippen LogP contribution in [-0.4, -0.2) is 50.9 Å². The van der Waals surface area contributed by atoms with E-state index in [1.807, 2.05) is 43.3 Å². The summed E-state index contributed by atoms with van der Waals surface area (Å²) in [7, 11) is 0.830. The van der Waals surface area contributed by atoms with Crippen molar-refractivity contribution in [3.63, 3.8) is 0 Å². The smallest absolute Gasteiger partial charge is 0.254 e. The van der Waals surface area contributed by atoms with Crippen LogP contribution in [0, 0.1) is 0 Å². The summed E-state index contributed by atoms with van der Waals surface area (Å²) in [5, 5.41) is 0.482. The van der Waals surface area contributed by atoms with Crippen molar-refractivity contribution in [1.82, 2.24) is 4.90 Å². The second-order valence-electron chi connectivity index (χ2n) is 7.06. The van der Waals surface area contributed by atoms with Crippen molar-refractivity contribution in [3.8, 4) is 0 Å². The number of rotatable bonds is 5. The Kier molecular flexibility index (Phi) is 5.77. The number of anilines is 1. The Hall–Kier alpha value is -2.05. The van der Waals surface area contributed by atoms with Gasteiger partial charge < -0.3 is 9.80 Å². The van der Waals surface area contributed by atoms with Gasteiger partial charge in [-0.25, -0.2) is 8.42 Å². The summed E-state index contributed by atoms with van der Waals surface area (Å²) >= 11 is 6.03. The lowest BCUT2D eigenvalue weighted by Crippen LogP contribution is -2.40. The lowest BCUT2D eigenvalue weighted by molar-refractivity contribution is 0.0681. The molecule has 144 valence electrons. The quantitative estimate of drug-likeness (QED) is 0.764. The molecule has 0 radical (unpaired) electrons. The molecule has 1 amide bonds. The van der Waals surface area contributed by atoms with E-state index in [4.69, 9.17) is 11.6 Å². The highest BCUT2D eigenvalue weighted by molar-refractivity contribution is 7.91. The molecule has 0 N–H and O–H groups in total. The largest absolute Gasteiger partial charge is 0.378 e. The van der Waals surface area contributed by atoms with Gasteiger partial charge in [-0.1, -0.05) is 29.8 Å². The Morgan fingerprint density at radius 3 is 2.41 bits per heavy atom. The van der Waals surface area contributed by atoms with Crippen LogP contribution >= 0.6 is 11.6 Å². The van der Waals surface area contributed by atoms with Crippen LogP contribution in [0.15, 0.2) is 48.5 Å². The molecule has 1 heterocycles. The summed E-state index contributed by atoms with van der Waals surface area (Å²) in [6.45, 7) is 0.360. The molecular weight excluding hydrogens is 384 g/mol.